The molecule has 8 heteroatoms. The second-order valence-electron chi connectivity index (χ2n) is 6.79. The maximum Gasteiger partial charge on any atom is 0.253 e. The molecule has 0 aliphatic heterocycles. The number of hydrogen-bond donors (Lipinski definition) is 3. The molecule has 1 saturated carbocycles. The zero-order valence-corrected chi connectivity index (χ0v) is 16.7. The summed E-state index contributed by atoms with van der Waals surface area (Å²) in [5, 5.41) is 5.64. The molecular weight excluding hydrogens is 404 g/mol. The third-order valence-corrected chi connectivity index (χ3v) is 5.14. The van der Waals surface area contributed by atoms with Crippen molar-refractivity contribution in [3.8, 4) is 0 Å². The Balaban J connectivity index is 0.00000280. The van der Waals surface area contributed by atoms with E-state index in [-0.39, 0.29) is 35.4 Å². The summed E-state index contributed by atoms with van der Waals surface area (Å²) in [5.41, 5.74) is 6.30. The predicted octanol–water partition coefficient (Wildman–Crippen LogP) is 4.04. The largest absolute Gasteiger partial charge is 0.348 e. The topological polar surface area (TPSA) is 84.2 Å². The van der Waals surface area contributed by atoms with Crippen LogP contribution in [0, 0.1) is 5.82 Å². The fraction of sp³-hybridized carbons (Fsp3) is 0.300. The average Bonchev–Trinajstić information content (AvgIpc) is 3.10. The third kappa shape index (κ3) is 5.01. The Bertz CT molecular complexity index is 870. The Hall–Kier alpha value is -2.15. The van der Waals surface area contributed by atoms with Crippen molar-refractivity contribution in [2.24, 2.45) is 5.73 Å². The van der Waals surface area contributed by atoms with Gasteiger partial charge in [0, 0.05) is 17.8 Å². The third-order valence-electron chi connectivity index (χ3n) is 4.81. The van der Waals surface area contributed by atoms with Crippen molar-refractivity contribution in [3.05, 3.63) is 64.4 Å². The number of benzene rings is 2. The summed E-state index contributed by atoms with van der Waals surface area (Å²) in [5.74, 6) is -1.11. The second-order valence-corrected chi connectivity index (χ2v) is 7.19. The maximum atomic E-state index is 13.7. The summed E-state index contributed by atoms with van der Waals surface area (Å²) in [6.45, 7) is 0.0321. The number of amides is 2. The summed E-state index contributed by atoms with van der Waals surface area (Å²) in [6, 6.07) is 10.8. The fourth-order valence-electron chi connectivity index (χ4n) is 3.18. The van der Waals surface area contributed by atoms with Crippen molar-refractivity contribution in [2.75, 3.05) is 5.32 Å². The number of nitrogens with two attached hydrogens (primary N) is 1. The lowest BCUT2D eigenvalue weighted by molar-refractivity contribution is -0.121. The van der Waals surface area contributed by atoms with Gasteiger partial charge in [-0.1, -0.05) is 42.6 Å². The summed E-state index contributed by atoms with van der Waals surface area (Å²) < 4.78 is 13.7. The summed E-state index contributed by atoms with van der Waals surface area (Å²) in [6.07, 6.45) is 3.13. The van der Waals surface area contributed by atoms with Gasteiger partial charge in [0.2, 0.25) is 5.91 Å². The molecule has 2 aromatic rings. The Morgan fingerprint density at radius 3 is 2.50 bits per heavy atom. The molecule has 1 aliphatic rings. The quantitative estimate of drug-likeness (QED) is 0.675. The first-order valence-corrected chi connectivity index (χ1v) is 9.18. The molecule has 28 heavy (non-hydrogen) atoms. The van der Waals surface area contributed by atoms with E-state index in [1.165, 1.54) is 18.2 Å². The minimum atomic E-state index is -0.868. The Labute approximate surface area is 174 Å². The fourth-order valence-corrected chi connectivity index (χ4v) is 3.38. The Morgan fingerprint density at radius 2 is 1.82 bits per heavy atom. The smallest absolute Gasteiger partial charge is 0.253 e. The highest BCUT2D eigenvalue weighted by molar-refractivity contribution is 6.34. The van der Waals surface area contributed by atoms with Crippen LogP contribution in [0.15, 0.2) is 42.5 Å². The van der Waals surface area contributed by atoms with Gasteiger partial charge in [0.1, 0.15) is 5.82 Å². The highest BCUT2D eigenvalue weighted by Crippen LogP contribution is 2.29. The van der Waals surface area contributed by atoms with Crippen molar-refractivity contribution in [1.29, 1.82) is 0 Å². The van der Waals surface area contributed by atoms with Gasteiger partial charge in [0.05, 0.1) is 16.1 Å². The molecular formula is C20H22Cl2FN3O2. The Kier molecular flexibility index (Phi) is 7.41. The predicted molar refractivity (Wildman–Crippen MR) is 110 cm³/mol. The van der Waals surface area contributed by atoms with Gasteiger partial charge in [-0.25, -0.2) is 4.39 Å². The minimum absolute atomic E-state index is 0. The molecule has 0 saturated heterocycles. The van der Waals surface area contributed by atoms with Crippen LogP contribution in [0.5, 0.6) is 0 Å². The Morgan fingerprint density at radius 1 is 1.14 bits per heavy atom. The lowest BCUT2D eigenvalue weighted by Crippen LogP contribution is -2.48. The van der Waals surface area contributed by atoms with E-state index in [9.17, 15) is 14.0 Å². The molecule has 3 rings (SSSR count). The van der Waals surface area contributed by atoms with E-state index in [0.717, 1.165) is 12.8 Å². The molecule has 1 aliphatic carbocycles. The molecule has 2 aromatic carbocycles. The molecule has 0 spiro atoms. The van der Waals surface area contributed by atoms with Crippen LogP contribution >= 0.6 is 24.0 Å². The van der Waals surface area contributed by atoms with E-state index in [0.29, 0.717) is 24.1 Å². The van der Waals surface area contributed by atoms with Gasteiger partial charge < -0.3 is 16.4 Å². The monoisotopic (exact) mass is 425 g/mol. The number of rotatable bonds is 5. The van der Waals surface area contributed by atoms with Crippen LogP contribution in [-0.4, -0.2) is 17.4 Å². The summed E-state index contributed by atoms with van der Waals surface area (Å²) in [7, 11) is 0. The first kappa shape index (κ1) is 22.1. The maximum absolute atomic E-state index is 13.7. The van der Waals surface area contributed by atoms with E-state index < -0.39 is 17.3 Å². The van der Waals surface area contributed by atoms with Gasteiger partial charge in [0.15, 0.2) is 0 Å². The molecule has 5 nitrogen and oxygen atoms in total. The zero-order valence-electron chi connectivity index (χ0n) is 15.1. The van der Waals surface area contributed by atoms with Crippen LogP contribution < -0.4 is 16.4 Å². The molecule has 0 heterocycles. The standard InChI is InChI=1S/C20H21ClFN3O2.ClH/c21-16-8-7-14(25-19(27)20(23)9-3-4-10-20)11-15(16)18(26)24-12-13-5-1-2-6-17(13)22;/h1-2,5-8,11H,3-4,9-10,12,23H2,(H,24,26)(H,25,27);1H. The van der Waals surface area contributed by atoms with Crippen LogP contribution in [0.2, 0.25) is 5.02 Å². The van der Waals surface area contributed by atoms with Gasteiger partial charge in [-0.05, 0) is 37.1 Å². The normalized spacial score (nSPS) is 14.8. The highest BCUT2D eigenvalue weighted by Gasteiger charge is 2.37. The van der Waals surface area contributed by atoms with Gasteiger partial charge in [0.25, 0.3) is 5.91 Å². The number of halogens is 3. The van der Waals surface area contributed by atoms with Crippen LogP contribution in [0.25, 0.3) is 0 Å². The van der Waals surface area contributed by atoms with Gasteiger partial charge >= 0.3 is 0 Å². The van der Waals surface area contributed by atoms with Crippen molar-refractivity contribution in [1.82, 2.24) is 5.32 Å². The van der Waals surface area contributed by atoms with E-state index in [4.69, 9.17) is 17.3 Å². The first-order chi connectivity index (χ1) is 12.9. The molecule has 2 amide bonds. The second kappa shape index (κ2) is 9.37. The number of carbonyl (C=O) groups is 2. The van der Waals surface area contributed by atoms with Crippen molar-refractivity contribution < 1.29 is 14.0 Å². The van der Waals surface area contributed by atoms with Crippen molar-refractivity contribution in [3.63, 3.8) is 0 Å². The molecule has 1 fully saturated rings. The van der Waals surface area contributed by atoms with E-state index in [1.807, 2.05) is 0 Å². The molecule has 0 aromatic heterocycles. The SMILES string of the molecule is Cl.NC1(C(=O)Nc2ccc(Cl)c(C(=O)NCc3ccccc3F)c2)CCCC1. The van der Waals surface area contributed by atoms with E-state index >= 15 is 0 Å². The van der Waals surface area contributed by atoms with Gasteiger partial charge in [-0.15, -0.1) is 12.4 Å². The minimum Gasteiger partial charge on any atom is -0.348 e. The lowest BCUT2D eigenvalue weighted by Gasteiger charge is -2.22. The number of carbonyl (C=O) groups excluding carboxylic acids is 2. The number of hydrogen-bond acceptors (Lipinski definition) is 3. The molecule has 0 bridgehead atoms. The molecule has 4 N–H and O–H groups in total. The van der Waals surface area contributed by atoms with Crippen LogP contribution in [0.1, 0.15) is 41.6 Å². The van der Waals surface area contributed by atoms with Crippen LogP contribution in [0.4, 0.5) is 10.1 Å². The van der Waals surface area contributed by atoms with Crippen molar-refractivity contribution in [2.45, 2.75) is 37.8 Å². The first-order valence-electron chi connectivity index (χ1n) is 8.80. The number of anilines is 1. The molecule has 0 radical (unpaired) electrons. The van der Waals surface area contributed by atoms with Crippen LogP contribution in [-0.2, 0) is 11.3 Å². The average molecular weight is 426 g/mol. The van der Waals surface area contributed by atoms with Gasteiger partial charge in [-0.2, -0.15) is 0 Å². The highest BCUT2D eigenvalue weighted by atomic mass is 35.5. The molecule has 0 unspecified atom stereocenters. The zero-order chi connectivity index (χ0) is 19.4. The van der Waals surface area contributed by atoms with E-state index in [1.54, 1.807) is 24.3 Å². The van der Waals surface area contributed by atoms with E-state index in [2.05, 4.69) is 10.6 Å². The molecule has 150 valence electrons. The summed E-state index contributed by atoms with van der Waals surface area (Å²) >= 11 is 6.12. The lowest BCUT2D eigenvalue weighted by atomic mass is 9.98. The van der Waals surface area contributed by atoms with Crippen LogP contribution in [0.3, 0.4) is 0 Å². The summed E-state index contributed by atoms with van der Waals surface area (Å²) in [4.78, 5) is 24.9. The van der Waals surface area contributed by atoms with Gasteiger partial charge in [-0.3, -0.25) is 9.59 Å². The molecule has 0 atom stereocenters. The van der Waals surface area contributed by atoms with Crippen molar-refractivity contribution >= 4 is 41.5 Å². The number of nitrogens with one attached hydrogen (secondary N) is 2.